The van der Waals surface area contributed by atoms with Crippen LogP contribution in [0.1, 0.15) is 17.5 Å². The second kappa shape index (κ2) is 8.31. The quantitative estimate of drug-likeness (QED) is 0.719. The van der Waals surface area contributed by atoms with Gasteiger partial charge in [-0.3, -0.25) is 4.79 Å². The van der Waals surface area contributed by atoms with E-state index in [2.05, 4.69) is 30.9 Å². The molecule has 0 atom stereocenters. The highest BCUT2D eigenvalue weighted by Crippen LogP contribution is 2.24. The van der Waals surface area contributed by atoms with Crippen LogP contribution in [0.25, 0.3) is 0 Å². The van der Waals surface area contributed by atoms with E-state index in [4.69, 9.17) is 0 Å². The molecule has 1 aliphatic heterocycles. The Morgan fingerprint density at radius 1 is 1.00 bits per heavy atom. The molecule has 0 N–H and O–H groups in total. The highest BCUT2D eigenvalue weighted by Gasteiger charge is 2.24. The molecule has 5 nitrogen and oxygen atoms in total. The van der Waals surface area contributed by atoms with Gasteiger partial charge in [0.05, 0.1) is 10.6 Å². The standard InChI is InChI=1S/C21H25FN2O3S/c1-16-4-3-5-20(17(16)2)23-11-13-24(14-12-23)21(25)10-15-28(26,27)19-8-6-18(22)7-9-19/h3-9H,10-15H2,1-2H3. The Morgan fingerprint density at radius 2 is 1.64 bits per heavy atom. The summed E-state index contributed by atoms with van der Waals surface area (Å²) in [7, 11) is -3.60. The smallest absolute Gasteiger partial charge is 0.223 e. The molecule has 0 aromatic heterocycles. The fourth-order valence-corrected chi connectivity index (χ4v) is 4.64. The Bertz CT molecular complexity index is 950. The van der Waals surface area contributed by atoms with Crippen LogP contribution in [0.5, 0.6) is 0 Å². The van der Waals surface area contributed by atoms with Crippen molar-refractivity contribution >= 4 is 21.4 Å². The number of carbonyl (C=O) groups is 1. The maximum atomic E-state index is 13.0. The number of amides is 1. The number of anilines is 1. The normalized spacial score (nSPS) is 15.0. The third kappa shape index (κ3) is 4.52. The molecule has 28 heavy (non-hydrogen) atoms. The number of aryl methyl sites for hydroxylation is 1. The Hall–Kier alpha value is -2.41. The SMILES string of the molecule is Cc1cccc(N2CCN(C(=O)CCS(=O)(=O)c3ccc(F)cc3)CC2)c1C. The summed E-state index contributed by atoms with van der Waals surface area (Å²) in [6, 6.07) is 10.9. The number of rotatable bonds is 5. The average Bonchev–Trinajstić information content (AvgIpc) is 2.69. The van der Waals surface area contributed by atoms with E-state index in [1.54, 1.807) is 4.90 Å². The topological polar surface area (TPSA) is 57.7 Å². The largest absolute Gasteiger partial charge is 0.368 e. The van der Waals surface area contributed by atoms with Crippen LogP contribution in [0.3, 0.4) is 0 Å². The molecule has 2 aromatic carbocycles. The molecule has 1 saturated heterocycles. The van der Waals surface area contributed by atoms with Crippen molar-refractivity contribution in [1.82, 2.24) is 4.90 Å². The second-order valence-electron chi connectivity index (χ2n) is 7.11. The van der Waals surface area contributed by atoms with Gasteiger partial charge in [-0.25, -0.2) is 12.8 Å². The van der Waals surface area contributed by atoms with E-state index in [1.165, 1.54) is 28.9 Å². The van der Waals surface area contributed by atoms with Crippen molar-refractivity contribution in [3.63, 3.8) is 0 Å². The summed E-state index contributed by atoms with van der Waals surface area (Å²) in [5, 5.41) is 0. The van der Waals surface area contributed by atoms with E-state index in [-0.39, 0.29) is 23.0 Å². The molecule has 0 radical (unpaired) electrons. The van der Waals surface area contributed by atoms with Crippen LogP contribution in [0, 0.1) is 19.7 Å². The van der Waals surface area contributed by atoms with Gasteiger partial charge in [0, 0.05) is 38.3 Å². The number of hydrogen-bond acceptors (Lipinski definition) is 4. The Morgan fingerprint density at radius 3 is 2.29 bits per heavy atom. The van der Waals surface area contributed by atoms with Crippen molar-refractivity contribution in [3.8, 4) is 0 Å². The van der Waals surface area contributed by atoms with Gasteiger partial charge in [-0.05, 0) is 55.3 Å². The lowest BCUT2D eigenvalue weighted by Gasteiger charge is -2.37. The predicted molar refractivity (Wildman–Crippen MR) is 108 cm³/mol. The monoisotopic (exact) mass is 404 g/mol. The summed E-state index contributed by atoms with van der Waals surface area (Å²) < 4.78 is 37.6. The number of piperazine rings is 1. The molecule has 1 amide bonds. The minimum atomic E-state index is -3.60. The Kier molecular flexibility index (Phi) is 6.03. The van der Waals surface area contributed by atoms with E-state index in [0.717, 1.165) is 25.2 Å². The molecular formula is C21H25FN2O3S. The van der Waals surface area contributed by atoms with Gasteiger partial charge in [0.1, 0.15) is 5.82 Å². The molecule has 0 spiro atoms. The number of halogens is 1. The Balaban J connectivity index is 1.55. The molecule has 1 aliphatic rings. The van der Waals surface area contributed by atoms with E-state index in [1.807, 2.05) is 6.07 Å². The van der Waals surface area contributed by atoms with Gasteiger partial charge < -0.3 is 9.80 Å². The highest BCUT2D eigenvalue weighted by atomic mass is 32.2. The lowest BCUT2D eigenvalue weighted by atomic mass is 10.1. The van der Waals surface area contributed by atoms with Gasteiger partial charge in [-0.2, -0.15) is 0 Å². The molecule has 0 aliphatic carbocycles. The number of sulfone groups is 1. The average molecular weight is 405 g/mol. The number of benzene rings is 2. The molecule has 0 saturated carbocycles. The third-order valence-corrected chi connectivity index (χ3v) is 7.04. The zero-order valence-electron chi connectivity index (χ0n) is 16.2. The van der Waals surface area contributed by atoms with Gasteiger partial charge in [0.15, 0.2) is 9.84 Å². The van der Waals surface area contributed by atoms with Crippen molar-refractivity contribution in [3.05, 3.63) is 59.4 Å². The first-order valence-corrected chi connectivity index (χ1v) is 11.0. The minimum Gasteiger partial charge on any atom is -0.368 e. The van der Waals surface area contributed by atoms with E-state index < -0.39 is 15.7 Å². The van der Waals surface area contributed by atoms with E-state index >= 15 is 0 Å². The first kappa shape index (κ1) is 20.3. The highest BCUT2D eigenvalue weighted by molar-refractivity contribution is 7.91. The van der Waals surface area contributed by atoms with Gasteiger partial charge in [0.25, 0.3) is 0 Å². The molecular weight excluding hydrogens is 379 g/mol. The zero-order chi connectivity index (χ0) is 20.3. The molecule has 3 rings (SSSR count). The number of carbonyl (C=O) groups excluding carboxylic acids is 1. The van der Waals surface area contributed by atoms with Crippen LogP contribution >= 0.6 is 0 Å². The zero-order valence-corrected chi connectivity index (χ0v) is 17.0. The third-order valence-electron chi connectivity index (χ3n) is 5.31. The summed E-state index contributed by atoms with van der Waals surface area (Å²) in [4.78, 5) is 16.5. The molecule has 1 heterocycles. The van der Waals surface area contributed by atoms with Crippen LogP contribution < -0.4 is 4.90 Å². The molecule has 150 valence electrons. The first-order chi connectivity index (χ1) is 13.3. The number of nitrogens with zero attached hydrogens (tertiary/aromatic N) is 2. The van der Waals surface area contributed by atoms with Crippen LogP contribution in [-0.4, -0.2) is 51.2 Å². The number of hydrogen-bond donors (Lipinski definition) is 0. The molecule has 1 fully saturated rings. The maximum Gasteiger partial charge on any atom is 0.223 e. The lowest BCUT2D eigenvalue weighted by molar-refractivity contribution is -0.131. The van der Waals surface area contributed by atoms with Crippen LogP contribution in [0.2, 0.25) is 0 Å². The van der Waals surface area contributed by atoms with Crippen molar-refractivity contribution in [2.75, 3.05) is 36.8 Å². The fourth-order valence-electron chi connectivity index (χ4n) is 3.41. The fraction of sp³-hybridized carbons (Fsp3) is 0.381. The predicted octanol–water partition coefficient (Wildman–Crippen LogP) is 2.96. The minimum absolute atomic E-state index is 0.0430. The summed E-state index contributed by atoms with van der Waals surface area (Å²) in [5.74, 6) is -0.919. The summed E-state index contributed by atoms with van der Waals surface area (Å²) in [6.45, 7) is 6.77. The van der Waals surface area contributed by atoms with Gasteiger partial charge in [-0.1, -0.05) is 12.1 Å². The summed E-state index contributed by atoms with van der Waals surface area (Å²) in [6.07, 6.45) is -0.0663. The van der Waals surface area contributed by atoms with Crippen LogP contribution in [-0.2, 0) is 14.6 Å². The van der Waals surface area contributed by atoms with Crippen molar-refractivity contribution < 1.29 is 17.6 Å². The van der Waals surface area contributed by atoms with Crippen molar-refractivity contribution in [2.45, 2.75) is 25.2 Å². The van der Waals surface area contributed by atoms with Crippen LogP contribution in [0.4, 0.5) is 10.1 Å². The van der Waals surface area contributed by atoms with E-state index in [0.29, 0.717) is 13.1 Å². The second-order valence-corrected chi connectivity index (χ2v) is 9.22. The van der Waals surface area contributed by atoms with Gasteiger partial charge in [-0.15, -0.1) is 0 Å². The van der Waals surface area contributed by atoms with Crippen LogP contribution in [0.15, 0.2) is 47.4 Å². The van der Waals surface area contributed by atoms with Gasteiger partial charge >= 0.3 is 0 Å². The summed E-state index contributed by atoms with van der Waals surface area (Å²) >= 11 is 0. The molecule has 0 unspecified atom stereocenters. The van der Waals surface area contributed by atoms with Crippen molar-refractivity contribution in [1.29, 1.82) is 0 Å². The summed E-state index contributed by atoms with van der Waals surface area (Å²) in [5.41, 5.74) is 3.67. The molecule has 2 aromatic rings. The van der Waals surface area contributed by atoms with Crippen molar-refractivity contribution in [2.24, 2.45) is 0 Å². The molecule has 7 heteroatoms. The van der Waals surface area contributed by atoms with E-state index in [9.17, 15) is 17.6 Å². The van der Waals surface area contributed by atoms with Gasteiger partial charge in [0.2, 0.25) is 5.91 Å². The lowest BCUT2D eigenvalue weighted by Crippen LogP contribution is -2.49. The molecule has 0 bridgehead atoms. The first-order valence-electron chi connectivity index (χ1n) is 9.35. The Labute approximate surface area is 165 Å². The maximum absolute atomic E-state index is 13.0.